The molecule has 4 nitrogen and oxygen atoms in total. The first-order chi connectivity index (χ1) is 10.6. The van der Waals surface area contributed by atoms with E-state index in [0.717, 1.165) is 38.0 Å². The zero-order valence-corrected chi connectivity index (χ0v) is 14.3. The van der Waals surface area contributed by atoms with Gasteiger partial charge >= 0.3 is 0 Å². The molecule has 1 N–H and O–H groups in total. The van der Waals surface area contributed by atoms with Crippen molar-refractivity contribution in [3.63, 3.8) is 0 Å². The second kappa shape index (κ2) is 8.73. The summed E-state index contributed by atoms with van der Waals surface area (Å²) in [7, 11) is 1.86. The number of nitrogens with zero attached hydrogens (tertiary/aromatic N) is 1. The van der Waals surface area contributed by atoms with E-state index in [9.17, 15) is 4.79 Å². The molecule has 1 aromatic carbocycles. The molecule has 0 radical (unpaired) electrons. The van der Waals surface area contributed by atoms with E-state index in [1.807, 2.05) is 24.1 Å². The number of nitrogens with one attached hydrogen (secondary N) is 1. The summed E-state index contributed by atoms with van der Waals surface area (Å²) < 4.78 is 5.92. The number of rotatable bonds is 6. The lowest BCUT2D eigenvalue weighted by atomic mass is 10.1. The van der Waals surface area contributed by atoms with Gasteiger partial charge in [0.05, 0.1) is 22.8 Å². The summed E-state index contributed by atoms with van der Waals surface area (Å²) >= 11 is 11.9. The Bertz CT molecular complexity index is 503. The molecule has 0 spiro atoms. The van der Waals surface area contributed by atoms with Gasteiger partial charge in [0.15, 0.2) is 0 Å². The summed E-state index contributed by atoms with van der Waals surface area (Å²) in [6.45, 7) is 2.80. The highest BCUT2D eigenvalue weighted by Crippen LogP contribution is 2.24. The van der Waals surface area contributed by atoms with Crippen LogP contribution in [-0.4, -0.2) is 43.6 Å². The van der Waals surface area contributed by atoms with Crippen molar-refractivity contribution in [2.24, 2.45) is 0 Å². The van der Waals surface area contributed by atoms with Gasteiger partial charge in [0.25, 0.3) is 0 Å². The van der Waals surface area contributed by atoms with Crippen LogP contribution >= 0.6 is 23.2 Å². The molecule has 2 rings (SSSR count). The average molecular weight is 345 g/mol. The van der Waals surface area contributed by atoms with Crippen molar-refractivity contribution >= 4 is 29.1 Å². The Balaban J connectivity index is 1.73. The summed E-state index contributed by atoms with van der Waals surface area (Å²) in [5.41, 5.74) is 1.02. The lowest BCUT2D eigenvalue weighted by molar-refractivity contribution is -0.133. The topological polar surface area (TPSA) is 41.6 Å². The number of carbonyl (C=O) groups excluding carboxylic acids is 1. The zero-order valence-electron chi connectivity index (χ0n) is 12.8. The number of piperidine rings is 1. The molecule has 1 fully saturated rings. The zero-order chi connectivity index (χ0) is 15.9. The average Bonchev–Trinajstić information content (AvgIpc) is 2.54. The Kier molecular flexibility index (Phi) is 6.96. The Morgan fingerprint density at radius 1 is 1.32 bits per heavy atom. The van der Waals surface area contributed by atoms with Crippen LogP contribution in [-0.2, 0) is 16.1 Å². The Morgan fingerprint density at radius 3 is 2.68 bits per heavy atom. The van der Waals surface area contributed by atoms with E-state index in [4.69, 9.17) is 27.9 Å². The van der Waals surface area contributed by atoms with Gasteiger partial charge in [0.1, 0.15) is 0 Å². The van der Waals surface area contributed by atoms with Crippen LogP contribution in [0.25, 0.3) is 0 Å². The number of carbonyl (C=O) groups is 1. The first-order valence-corrected chi connectivity index (χ1v) is 8.33. The molecule has 122 valence electrons. The van der Waals surface area contributed by atoms with Crippen LogP contribution in [0.4, 0.5) is 0 Å². The fraction of sp³-hybridized carbons (Fsp3) is 0.562. The van der Waals surface area contributed by atoms with Crippen LogP contribution < -0.4 is 5.32 Å². The minimum atomic E-state index is 0.197. The second-order valence-corrected chi connectivity index (χ2v) is 6.31. The minimum Gasteiger partial charge on any atom is -0.373 e. The SMILES string of the molecule is CNCCC(=O)N1CCC(OCc2ccc(Cl)c(Cl)c2)CC1. The molecule has 22 heavy (non-hydrogen) atoms. The van der Waals surface area contributed by atoms with Crippen molar-refractivity contribution < 1.29 is 9.53 Å². The van der Waals surface area contributed by atoms with Crippen molar-refractivity contribution in [3.8, 4) is 0 Å². The molecule has 0 bridgehead atoms. The highest BCUT2D eigenvalue weighted by molar-refractivity contribution is 6.42. The molecule has 6 heteroatoms. The summed E-state index contributed by atoms with van der Waals surface area (Å²) in [6.07, 6.45) is 2.52. The minimum absolute atomic E-state index is 0.197. The van der Waals surface area contributed by atoms with E-state index >= 15 is 0 Å². The molecule has 1 aromatic rings. The number of ether oxygens (including phenoxy) is 1. The van der Waals surface area contributed by atoms with Gasteiger partial charge < -0.3 is 15.0 Å². The maximum atomic E-state index is 11.9. The second-order valence-electron chi connectivity index (χ2n) is 5.49. The smallest absolute Gasteiger partial charge is 0.223 e. The van der Waals surface area contributed by atoms with Crippen LogP contribution in [0.2, 0.25) is 10.0 Å². The monoisotopic (exact) mass is 344 g/mol. The molecule has 0 aliphatic carbocycles. The largest absolute Gasteiger partial charge is 0.373 e. The van der Waals surface area contributed by atoms with Gasteiger partial charge in [-0.05, 0) is 37.6 Å². The van der Waals surface area contributed by atoms with Crippen molar-refractivity contribution in [3.05, 3.63) is 33.8 Å². The summed E-state index contributed by atoms with van der Waals surface area (Å²) in [5, 5.41) is 4.10. The molecule has 1 amide bonds. The number of benzene rings is 1. The van der Waals surface area contributed by atoms with Crippen LogP contribution in [0.3, 0.4) is 0 Å². The van der Waals surface area contributed by atoms with Crippen molar-refractivity contribution in [1.29, 1.82) is 0 Å². The maximum Gasteiger partial charge on any atom is 0.223 e. The predicted molar refractivity (Wildman–Crippen MR) is 89.4 cm³/mol. The van der Waals surface area contributed by atoms with Crippen molar-refractivity contribution in [2.75, 3.05) is 26.7 Å². The molecular weight excluding hydrogens is 323 g/mol. The van der Waals surface area contributed by atoms with Gasteiger partial charge in [-0.3, -0.25) is 4.79 Å². The summed E-state index contributed by atoms with van der Waals surface area (Å²) in [4.78, 5) is 13.9. The number of halogens is 2. The fourth-order valence-electron chi connectivity index (χ4n) is 2.51. The van der Waals surface area contributed by atoms with E-state index in [-0.39, 0.29) is 12.0 Å². The lowest BCUT2D eigenvalue weighted by Crippen LogP contribution is -2.41. The third-order valence-electron chi connectivity index (χ3n) is 3.85. The molecule has 1 aliphatic heterocycles. The molecule has 1 saturated heterocycles. The first kappa shape index (κ1) is 17.5. The van der Waals surface area contributed by atoms with E-state index in [1.165, 1.54) is 0 Å². The van der Waals surface area contributed by atoms with E-state index in [2.05, 4.69) is 5.32 Å². The summed E-state index contributed by atoms with van der Waals surface area (Å²) in [6, 6.07) is 5.54. The normalized spacial score (nSPS) is 16.0. The fourth-order valence-corrected chi connectivity index (χ4v) is 2.83. The third kappa shape index (κ3) is 5.13. The van der Waals surface area contributed by atoms with Gasteiger partial charge in [-0.1, -0.05) is 29.3 Å². The van der Waals surface area contributed by atoms with E-state index in [1.54, 1.807) is 6.07 Å². The molecule has 0 aromatic heterocycles. The van der Waals surface area contributed by atoms with Gasteiger partial charge in [-0.2, -0.15) is 0 Å². The first-order valence-electron chi connectivity index (χ1n) is 7.58. The Hall–Kier alpha value is -0.810. The van der Waals surface area contributed by atoms with Crippen molar-refractivity contribution in [1.82, 2.24) is 10.2 Å². The standard InChI is InChI=1S/C16H22Cl2N2O2/c1-19-7-4-16(21)20-8-5-13(6-9-20)22-11-12-2-3-14(17)15(18)10-12/h2-3,10,13,19H,4-9,11H2,1H3. The van der Waals surface area contributed by atoms with Crippen LogP contribution in [0, 0.1) is 0 Å². The number of hydrogen-bond donors (Lipinski definition) is 1. The summed E-state index contributed by atoms with van der Waals surface area (Å²) in [5.74, 6) is 0.220. The lowest BCUT2D eigenvalue weighted by Gasteiger charge is -2.32. The van der Waals surface area contributed by atoms with E-state index < -0.39 is 0 Å². The Morgan fingerprint density at radius 2 is 2.05 bits per heavy atom. The quantitative estimate of drug-likeness (QED) is 0.861. The van der Waals surface area contributed by atoms with Gasteiger partial charge in [0.2, 0.25) is 5.91 Å². The maximum absolute atomic E-state index is 11.9. The molecule has 1 heterocycles. The van der Waals surface area contributed by atoms with Gasteiger partial charge in [0, 0.05) is 26.1 Å². The van der Waals surface area contributed by atoms with Gasteiger partial charge in [-0.15, -0.1) is 0 Å². The van der Waals surface area contributed by atoms with Crippen LogP contribution in [0.5, 0.6) is 0 Å². The molecule has 0 unspecified atom stereocenters. The molecule has 0 atom stereocenters. The van der Waals surface area contributed by atoms with Crippen molar-refractivity contribution in [2.45, 2.75) is 32.0 Å². The molecule has 0 saturated carbocycles. The number of amides is 1. The van der Waals surface area contributed by atoms with E-state index in [0.29, 0.717) is 23.1 Å². The molecular formula is C16H22Cl2N2O2. The van der Waals surface area contributed by atoms with Crippen LogP contribution in [0.15, 0.2) is 18.2 Å². The molecule has 1 aliphatic rings. The predicted octanol–water partition coefficient (Wildman–Crippen LogP) is 3.11. The highest BCUT2D eigenvalue weighted by Gasteiger charge is 2.22. The van der Waals surface area contributed by atoms with Crippen LogP contribution in [0.1, 0.15) is 24.8 Å². The highest BCUT2D eigenvalue weighted by atomic mass is 35.5. The Labute approximate surface area is 141 Å². The number of hydrogen-bond acceptors (Lipinski definition) is 3. The number of likely N-dealkylation sites (tertiary alicyclic amines) is 1. The van der Waals surface area contributed by atoms with Gasteiger partial charge in [-0.25, -0.2) is 0 Å². The third-order valence-corrected chi connectivity index (χ3v) is 4.59.